The topological polar surface area (TPSA) is 47.3 Å². The Morgan fingerprint density at radius 3 is 2.60 bits per heavy atom. The van der Waals surface area contributed by atoms with Crippen molar-refractivity contribution in [2.24, 2.45) is 0 Å². The zero-order valence-corrected chi connectivity index (χ0v) is 18.9. The van der Waals surface area contributed by atoms with E-state index < -0.39 is 0 Å². The van der Waals surface area contributed by atoms with Crippen molar-refractivity contribution in [2.75, 3.05) is 17.4 Å². The standard InChI is InChI=1S/C24H24ClN3OS/c1-15(2)17-7-9-18(10-8-17)19-11-23(29)28-13-27(14-30-24(28)20(19)12-26)22-6-4-5-21(25)16(22)3/h4-10,15,19H,11,13-14H2,1-3H3. The fraction of sp³-hybridized carbons (Fsp3) is 0.333. The maximum absolute atomic E-state index is 13.1. The number of nitrogens with zero attached hydrogens (tertiary/aromatic N) is 3. The molecule has 0 N–H and O–H groups in total. The molecule has 2 heterocycles. The molecule has 1 saturated heterocycles. The van der Waals surface area contributed by atoms with E-state index in [0.717, 1.165) is 21.8 Å². The van der Waals surface area contributed by atoms with E-state index in [9.17, 15) is 10.1 Å². The number of halogens is 1. The number of rotatable bonds is 3. The minimum Gasteiger partial charge on any atom is -0.343 e. The summed E-state index contributed by atoms with van der Waals surface area (Å²) >= 11 is 7.85. The second-order valence-electron chi connectivity index (χ2n) is 8.07. The highest BCUT2D eigenvalue weighted by molar-refractivity contribution is 8.03. The molecule has 154 valence electrons. The maximum atomic E-state index is 13.1. The average molecular weight is 438 g/mol. The summed E-state index contributed by atoms with van der Waals surface area (Å²) in [4.78, 5) is 17.0. The SMILES string of the molecule is Cc1c(Cl)cccc1N1CSC2=C(C#N)C(c3ccc(C(C)C)cc3)CC(=O)N2C1. The van der Waals surface area contributed by atoms with Gasteiger partial charge < -0.3 is 4.90 Å². The number of fused-ring (bicyclic) bond motifs is 1. The molecule has 0 aliphatic carbocycles. The van der Waals surface area contributed by atoms with Crippen molar-refractivity contribution in [3.63, 3.8) is 0 Å². The Morgan fingerprint density at radius 1 is 1.20 bits per heavy atom. The van der Waals surface area contributed by atoms with Crippen molar-refractivity contribution in [1.82, 2.24) is 4.90 Å². The van der Waals surface area contributed by atoms with Crippen LogP contribution in [0.5, 0.6) is 0 Å². The number of carbonyl (C=O) groups excluding carboxylic acids is 1. The Labute approximate surface area is 187 Å². The van der Waals surface area contributed by atoms with Gasteiger partial charge >= 0.3 is 0 Å². The number of carbonyl (C=O) groups is 1. The first kappa shape index (κ1) is 20.8. The molecular formula is C24H24ClN3OS. The molecule has 0 bridgehead atoms. The van der Waals surface area contributed by atoms with Crippen LogP contribution in [0.15, 0.2) is 53.1 Å². The van der Waals surface area contributed by atoms with Crippen LogP contribution in [0.1, 0.15) is 48.8 Å². The van der Waals surface area contributed by atoms with E-state index in [4.69, 9.17) is 11.6 Å². The minimum absolute atomic E-state index is 0.0545. The fourth-order valence-corrected chi connectivity index (χ4v) is 5.38. The van der Waals surface area contributed by atoms with Crippen LogP contribution in [-0.2, 0) is 4.79 Å². The quantitative estimate of drug-likeness (QED) is 0.591. The molecule has 30 heavy (non-hydrogen) atoms. The van der Waals surface area contributed by atoms with Gasteiger partial charge in [-0.15, -0.1) is 0 Å². The monoisotopic (exact) mass is 437 g/mol. The molecule has 1 atom stereocenters. The second kappa shape index (κ2) is 8.37. The Balaban J connectivity index is 1.65. The van der Waals surface area contributed by atoms with Crippen molar-refractivity contribution in [3.05, 3.63) is 74.8 Å². The molecule has 2 aromatic rings. The van der Waals surface area contributed by atoms with Crippen molar-refractivity contribution in [1.29, 1.82) is 5.26 Å². The predicted octanol–water partition coefficient (Wildman–Crippen LogP) is 5.99. The minimum atomic E-state index is -0.179. The highest BCUT2D eigenvalue weighted by Crippen LogP contribution is 2.44. The maximum Gasteiger partial charge on any atom is 0.229 e. The normalized spacial score (nSPS) is 19.2. The van der Waals surface area contributed by atoms with Gasteiger partial charge in [-0.25, -0.2) is 0 Å². The predicted molar refractivity (Wildman–Crippen MR) is 123 cm³/mol. The zero-order valence-electron chi connectivity index (χ0n) is 17.4. The van der Waals surface area contributed by atoms with E-state index in [0.29, 0.717) is 35.5 Å². The summed E-state index contributed by atoms with van der Waals surface area (Å²) < 4.78 is 0. The second-order valence-corrected chi connectivity index (χ2v) is 9.41. The number of thioether (sulfide) groups is 1. The lowest BCUT2D eigenvalue weighted by atomic mass is 9.85. The number of allylic oxidation sites excluding steroid dienone is 1. The first-order valence-corrected chi connectivity index (χ1v) is 11.4. The van der Waals surface area contributed by atoms with Crippen molar-refractivity contribution in [2.45, 2.75) is 39.0 Å². The molecule has 4 nitrogen and oxygen atoms in total. The van der Waals surface area contributed by atoms with Crippen LogP contribution in [0.2, 0.25) is 5.02 Å². The Morgan fingerprint density at radius 2 is 1.93 bits per heavy atom. The highest BCUT2D eigenvalue weighted by atomic mass is 35.5. The van der Waals surface area contributed by atoms with Gasteiger partial charge in [0.2, 0.25) is 5.91 Å². The summed E-state index contributed by atoms with van der Waals surface area (Å²) in [5.41, 5.74) is 5.00. The third-order valence-electron chi connectivity index (χ3n) is 5.88. The van der Waals surface area contributed by atoms with Gasteiger partial charge in [0.05, 0.1) is 29.2 Å². The summed E-state index contributed by atoms with van der Waals surface area (Å²) in [5, 5.41) is 11.5. The van der Waals surface area contributed by atoms with E-state index in [-0.39, 0.29) is 11.8 Å². The van der Waals surface area contributed by atoms with Gasteiger partial charge in [-0.1, -0.05) is 67.5 Å². The molecule has 2 aromatic carbocycles. The van der Waals surface area contributed by atoms with Crippen LogP contribution in [0.3, 0.4) is 0 Å². The third-order valence-corrected chi connectivity index (χ3v) is 7.44. The lowest BCUT2D eigenvalue weighted by Gasteiger charge is -2.42. The van der Waals surface area contributed by atoms with Gasteiger partial charge in [0, 0.05) is 23.0 Å². The molecule has 1 amide bonds. The first-order chi connectivity index (χ1) is 14.4. The van der Waals surface area contributed by atoms with Crippen LogP contribution >= 0.6 is 23.4 Å². The number of nitriles is 1. The molecule has 2 aliphatic heterocycles. The third kappa shape index (κ3) is 3.71. The number of amides is 1. The molecule has 0 saturated carbocycles. The lowest BCUT2D eigenvalue weighted by Crippen LogP contribution is -2.47. The Kier molecular flexibility index (Phi) is 5.81. The van der Waals surface area contributed by atoms with Crippen LogP contribution in [0, 0.1) is 18.3 Å². The summed E-state index contributed by atoms with van der Waals surface area (Å²) in [5.74, 6) is 0.997. The van der Waals surface area contributed by atoms with Gasteiger partial charge in [-0.3, -0.25) is 9.69 Å². The first-order valence-electron chi connectivity index (χ1n) is 10.1. The number of hydrogen-bond donors (Lipinski definition) is 0. The van der Waals surface area contributed by atoms with E-state index in [1.54, 1.807) is 16.7 Å². The molecule has 0 radical (unpaired) electrons. The Hall–Kier alpha value is -2.42. The van der Waals surface area contributed by atoms with Crippen LogP contribution in [0.4, 0.5) is 5.69 Å². The molecule has 0 spiro atoms. The molecule has 6 heteroatoms. The van der Waals surface area contributed by atoms with Crippen molar-refractivity contribution < 1.29 is 4.79 Å². The molecule has 2 aliphatic rings. The van der Waals surface area contributed by atoms with Gasteiger partial charge in [0.25, 0.3) is 0 Å². The Bertz CT molecular complexity index is 1060. The molecule has 1 unspecified atom stereocenters. The van der Waals surface area contributed by atoms with Crippen LogP contribution in [-0.4, -0.2) is 23.4 Å². The van der Waals surface area contributed by atoms with E-state index in [1.165, 1.54) is 5.56 Å². The molecular weight excluding hydrogens is 414 g/mol. The van der Waals surface area contributed by atoms with Gasteiger partial charge in [-0.05, 0) is 41.7 Å². The smallest absolute Gasteiger partial charge is 0.229 e. The van der Waals surface area contributed by atoms with Crippen LogP contribution < -0.4 is 4.90 Å². The van der Waals surface area contributed by atoms with Crippen molar-refractivity contribution >= 4 is 35.0 Å². The van der Waals surface area contributed by atoms with E-state index in [2.05, 4.69) is 49.1 Å². The largest absolute Gasteiger partial charge is 0.343 e. The average Bonchev–Trinajstić information content (AvgIpc) is 2.75. The summed E-state index contributed by atoms with van der Waals surface area (Å²) in [7, 11) is 0. The summed E-state index contributed by atoms with van der Waals surface area (Å²) in [6.45, 7) is 6.74. The summed E-state index contributed by atoms with van der Waals surface area (Å²) in [6.07, 6.45) is 0.316. The van der Waals surface area contributed by atoms with E-state index >= 15 is 0 Å². The number of benzene rings is 2. The zero-order chi connectivity index (χ0) is 21.4. The fourth-order valence-electron chi connectivity index (χ4n) is 4.05. The molecule has 0 aromatic heterocycles. The highest BCUT2D eigenvalue weighted by Gasteiger charge is 2.38. The lowest BCUT2D eigenvalue weighted by molar-refractivity contribution is -0.129. The summed E-state index contributed by atoms with van der Waals surface area (Å²) in [6, 6.07) is 16.6. The van der Waals surface area contributed by atoms with Crippen molar-refractivity contribution in [3.8, 4) is 6.07 Å². The number of anilines is 1. The van der Waals surface area contributed by atoms with Gasteiger partial charge in [0.1, 0.15) is 0 Å². The number of hydrogen-bond acceptors (Lipinski definition) is 4. The van der Waals surface area contributed by atoms with Crippen LogP contribution in [0.25, 0.3) is 0 Å². The van der Waals surface area contributed by atoms with Gasteiger partial charge in [0.15, 0.2) is 0 Å². The van der Waals surface area contributed by atoms with E-state index in [1.807, 2.05) is 25.1 Å². The molecule has 4 rings (SSSR count). The molecule has 1 fully saturated rings. The van der Waals surface area contributed by atoms with Gasteiger partial charge in [-0.2, -0.15) is 5.26 Å².